The molecule has 0 aliphatic rings. The lowest BCUT2D eigenvalue weighted by molar-refractivity contribution is -0.136. The fourth-order valence-electron chi connectivity index (χ4n) is 1.85. The van der Waals surface area contributed by atoms with Crippen molar-refractivity contribution in [3.8, 4) is 0 Å². The van der Waals surface area contributed by atoms with E-state index in [0.29, 0.717) is 12.5 Å². The molecule has 1 unspecified atom stereocenters. The first-order valence-electron chi connectivity index (χ1n) is 6.70. The summed E-state index contributed by atoms with van der Waals surface area (Å²) < 4.78 is 0. The van der Waals surface area contributed by atoms with Crippen molar-refractivity contribution in [1.82, 2.24) is 9.88 Å². The topological polar surface area (TPSA) is 65.5 Å². The monoisotopic (exact) mass is 285 g/mol. The molecule has 0 aliphatic heterocycles. The summed E-state index contributed by atoms with van der Waals surface area (Å²) >= 11 is 1.54. The lowest BCUT2D eigenvalue weighted by atomic mass is 10.2. The van der Waals surface area contributed by atoms with Crippen LogP contribution in [0.25, 0.3) is 0 Å². The molecule has 0 amide bonds. The maximum Gasteiger partial charge on any atom is 0.303 e. The van der Waals surface area contributed by atoms with Gasteiger partial charge in [0.25, 0.3) is 0 Å². The quantitative estimate of drug-likeness (QED) is 0.729. The third-order valence-corrected chi connectivity index (χ3v) is 3.77. The van der Waals surface area contributed by atoms with Crippen LogP contribution >= 0.6 is 11.3 Å². The number of rotatable bonds is 9. The zero-order chi connectivity index (χ0) is 14.3. The average molecular weight is 285 g/mol. The molecule has 0 bridgehead atoms. The van der Waals surface area contributed by atoms with Gasteiger partial charge in [0.05, 0.1) is 12.1 Å². The molecule has 1 rings (SSSR count). The molecule has 0 saturated heterocycles. The number of hydrogen-bond acceptors (Lipinski definition) is 5. The van der Waals surface area contributed by atoms with Crippen LogP contribution in [0.1, 0.15) is 32.9 Å². The lowest BCUT2D eigenvalue weighted by Crippen LogP contribution is -2.34. The number of aryl methyl sites for hydroxylation is 1. The first-order valence-corrected chi connectivity index (χ1v) is 7.58. The van der Waals surface area contributed by atoms with E-state index in [9.17, 15) is 4.79 Å². The minimum absolute atomic E-state index is 0.137. The summed E-state index contributed by atoms with van der Waals surface area (Å²) in [5, 5.41) is 14.8. The Hall–Kier alpha value is -1.14. The molecular weight excluding hydrogens is 262 g/mol. The van der Waals surface area contributed by atoms with E-state index in [0.717, 1.165) is 30.5 Å². The lowest BCUT2D eigenvalue weighted by Gasteiger charge is -2.23. The Morgan fingerprint density at radius 3 is 2.79 bits per heavy atom. The predicted molar refractivity (Wildman–Crippen MR) is 78.9 cm³/mol. The van der Waals surface area contributed by atoms with Gasteiger partial charge in [0.1, 0.15) is 0 Å². The van der Waals surface area contributed by atoms with Gasteiger partial charge in [-0.05, 0) is 20.0 Å². The summed E-state index contributed by atoms with van der Waals surface area (Å²) in [6.07, 6.45) is 0.635. The van der Waals surface area contributed by atoms with Crippen molar-refractivity contribution >= 4 is 22.4 Å². The molecule has 0 saturated carbocycles. The first kappa shape index (κ1) is 15.9. The maximum atomic E-state index is 10.5. The Labute approximate surface area is 118 Å². The number of anilines is 1. The molecule has 19 heavy (non-hydrogen) atoms. The van der Waals surface area contributed by atoms with Crippen LogP contribution in [0.3, 0.4) is 0 Å². The van der Waals surface area contributed by atoms with E-state index in [2.05, 4.69) is 36.0 Å². The molecular formula is C13H23N3O2S. The third kappa shape index (κ3) is 6.02. The summed E-state index contributed by atoms with van der Waals surface area (Å²) in [5.74, 6) is -0.780. The van der Waals surface area contributed by atoms with E-state index < -0.39 is 5.97 Å². The molecule has 6 heteroatoms. The normalized spacial score (nSPS) is 12.6. The fourth-order valence-corrected chi connectivity index (χ4v) is 2.71. The van der Waals surface area contributed by atoms with Crippen molar-refractivity contribution in [2.45, 2.75) is 39.7 Å². The molecule has 2 N–H and O–H groups in total. The number of carbonyl (C=O) groups is 1. The summed E-state index contributed by atoms with van der Waals surface area (Å²) in [6.45, 7) is 9.52. The van der Waals surface area contributed by atoms with Gasteiger partial charge in [0.2, 0.25) is 0 Å². The first-order chi connectivity index (χ1) is 9.05. The number of aliphatic carboxylic acids is 1. The largest absolute Gasteiger partial charge is 0.481 e. The number of aromatic nitrogens is 1. The van der Waals surface area contributed by atoms with Gasteiger partial charge in [0, 0.05) is 24.4 Å². The van der Waals surface area contributed by atoms with Crippen LogP contribution in [-0.2, 0) is 11.2 Å². The van der Waals surface area contributed by atoms with Crippen molar-refractivity contribution in [3.63, 3.8) is 0 Å². The summed E-state index contributed by atoms with van der Waals surface area (Å²) in [6, 6.07) is 0.332. The second kappa shape index (κ2) is 8.12. The second-order valence-electron chi connectivity index (χ2n) is 4.57. The van der Waals surface area contributed by atoms with Crippen LogP contribution in [-0.4, -0.2) is 46.6 Å². The summed E-state index contributed by atoms with van der Waals surface area (Å²) in [7, 11) is 0. The number of hydrogen-bond donors (Lipinski definition) is 2. The van der Waals surface area contributed by atoms with Gasteiger partial charge in [-0.1, -0.05) is 13.8 Å². The van der Waals surface area contributed by atoms with E-state index in [-0.39, 0.29) is 6.42 Å². The van der Waals surface area contributed by atoms with Gasteiger partial charge < -0.3 is 15.3 Å². The van der Waals surface area contributed by atoms with Crippen molar-refractivity contribution in [1.29, 1.82) is 0 Å². The van der Waals surface area contributed by atoms with Crippen LogP contribution in [0.2, 0.25) is 0 Å². The van der Waals surface area contributed by atoms with E-state index in [1.165, 1.54) is 11.3 Å². The standard InChI is InChI=1S/C13H23N3O2S/c1-4-16(5-2)8-10(3)14-13-15-11(9-19-13)6-7-12(17)18/h9-10H,4-8H2,1-3H3,(H,14,15)(H,17,18). The van der Waals surface area contributed by atoms with Gasteiger partial charge >= 0.3 is 5.97 Å². The number of carboxylic acid groups (broad SMARTS) is 1. The van der Waals surface area contributed by atoms with Crippen LogP contribution < -0.4 is 5.32 Å². The number of carboxylic acids is 1. The highest BCUT2D eigenvalue weighted by Crippen LogP contribution is 2.17. The highest BCUT2D eigenvalue weighted by molar-refractivity contribution is 7.13. The van der Waals surface area contributed by atoms with Crippen molar-refractivity contribution in [2.24, 2.45) is 0 Å². The Morgan fingerprint density at radius 2 is 2.21 bits per heavy atom. The van der Waals surface area contributed by atoms with Crippen molar-refractivity contribution in [2.75, 3.05) is 25.0 Å². The molecule has 0 aromatic carbocycles. The molecule has 0 fully saturated rings. The Kier molecular flexibility index (Phi) is 6.80. The molecule has 1 aromatic rings. The molecule has 0 radical (unpaired) electrons. The molecule has 1 heterocycles. The zero-order valence-corrected chi connectivity index (χ0v) is 12.7. The van der Waals surface area contributed by atoms with Gasteiger partial charge in [-0.15, -0.1) is 11.3 Å². The van der Waals surface area contributed by atoms with Gasteiger partial charge in [-0.25, -0.2) is 4.98 Å². The zero-order valence-electron chi connectivity index (χ0n) is 11.8. The highest BCUT2D eigenvalue weighted by atomic mass is 32.1. The third-order valence-electron chi connectivity index (χ3n) is 2.94. The van der Waals surface area contributed by atoms with Crippen LogP contribution in [0.4, 0.5) is 5.13 Å². The van der Waals surface area contributed by atoms with E-state index in [1.807, 2.05) is 5.38 Å². The molecule has 0 aliphatic carbocycles. The summed E-state index contributed by atoms with van der Waals surface area (Å²) in [4.78, 5) is 17.3. The number of likely N-dealkylation sites (N-methyl/N-ethyl adjacent to an activating group) is 1. The van der Waals surface area contributed by atoms with Gasteiger partial charge in [-0.3, -0.25) is 4.79 Å². The van der Waals surface area contributed by atoms with E-state index >= 15 is 0 Å². The van der Waals surface area contributed by atoms with Crippen LogP contribution in [0.15, 0.2) is 5.38 Å². The number of nitrogens with zero attached hydrogens (tertiary/aromatic N) is 2. The molecule has 108 valence electrons. The smallest absolute Gasteiger partial charge is 0.303 e. The highest BCUT2D eigenvalue weighted by Gasteiger charge is 2.10. The Bertz CT molecular complexity index is 391. The second-order valence-corrected chi connectivity index (χ2v) is 5.43. The Morgan fingerprint density at radius 1 is 1.53 bits per heavy atom. The van der Waals surface area contributed by atoms with Gasteiger partial charge in [0.15, 0.2) is 5.13 Å². The maximum absolute atomic E-state index is 10.5. The van der Waals surface area contributed by atoms with Crippen LogP contribution in [0.5, 0.6) is 0 Å². The molecule has 1 atom stereocenters. The SMILES string of the molecule is CCN(CC)CC(C)Nc1nc(CCC(=O)O)cs1. The van der Waals surface area contributed by atoms with Crippen molar-refractivity contribution < 1.29 is 9.90 Å². The Balaban J connectivity index is 2.42. The number of nitrogens with one attached hydrogen (secondary N) is 1. The molecule has 5 nitrogen and oxygen atoms in total. The van der Waals surface area contributed by atoms with Crippen molar-refractivity contribution in [3.05, 3.63) is 11.1 Å². The minimum Gasteiger partial charge on any atom is -0.481 e. The fraction of sp³-hybridized carbons (Fsp3) is 0.692. The molecule has 1 aromatic heterocycles. The molecule has 0 spiro atoms. The average Bonchev–Trinajstić information content (AvgIpc) is 2.81. The van der Waals surface area contributed by atoms with E-state index in [1.54, 1.807) is 0 Å². The predicted octanol–water partition coefficient (Wildman–Crippen LogP) is 2.30. The minimum atomic E-state index is -0.780. The number of thiazole rings is 1. The summed E-state index contributed by atoms with van der Waals surface area (Å²) in [5.41, 5.74) is 0.852. The van der Waals surface area contributed by atoms with E-state index in [4.69, 9.17) is 5.11 Å². The van der Waals surface area contributed by atoms with Gasteiger partial charge in [-0.2, -0.15) is 0 Å². The van der Waals surface area contributed by atoms with Crippen LogP contribution in [0, 0.1) is 0 Å².